The van der Waals surface area contributed by atoms with E-state index in [1.807, 2.05) is 0 Å². The molecule has 1 atom stereocenters. The minimum atomic E-state index is -0.635. The van der Waals surface area contributed by atoms with E-state index >= 15 is 0 Å². The Balaban J connectivity index is 2.71. The van der Waals surface area contributed by atoms with E-state index in [1.54, 1.807) is 6.92 Å². The fourth-order valence-electron chi connectivity index (χ4n) is 1.34. The van der Waals surface area contributed by atoms with E-state index in [-0.39, 0.29) is 10.6 Å². The van der Waals surface area contributed by atoms with Gasteiger partial charge in [-0.2, -0.15) is 0 Å². The number of nitro groups is 1. The quantitative estimate of drug-likeness (QED) is 0.354. The molecule has 0 aliphatic carbocycles. The van der Waals surface area contributed by atoms with Crippen LogP contribution >= 0.6 is 23.1 Å². The fourth-order valence-corrected chi connectivity index (χ4v) is 3.72. The lowest BCUT2D eigenvalue weighted by Gasteiger charge is -1.98. The number of hydrogen-bond acceptors (Lipinski definition) is 5. The van der Waals surface area contributed by atoms with Gasteiger partial charge >= 0.3 is 0 Å². The van der Waals surface area contributed by atoms with Crippen LogP contribution in [0.4, 0.5) is 5.69 Å². The Hall–Kier alpha value is -0.590. The number of aliphatic hydroxyl groups is 1. The maximum Gasteiger partial charge on any atom is 0.294 e. The van der Waals surface area contributed by atoms with Crippen LogP contribution in [0, 0.1) is 10.1 Å². The normalized spacial score (nSPS) is 12.6. The fraction of sp³-hybridized carbons (Fsp3) is 0.636. The van der Waals surface area contributed by atoms with Gasteiger partial charge in [-0.1, -0.05) is 19.8 Å². The number of thiophene rings is 1. The Morgan fingerprint density at radius 3 is 2.82 bits per heavy atom. The van der Waals surface area contributed by atoms with Crippen molar-refractivity contribution in [3.63, 3.8) is 0 Å². The van der Waals surface area contributed by atoms with Crippen LogP contribution in [0.1, 0.15) is 44.1 Å². The first kappa shape index (κ1) is 14.5. The average molecular weight is 275 g/mol. The van der Waals surface area contributed by atoms with Crippen LogP contribution in [0.5, 0.6) is 0 Å². The topological polar surface area (TPSA) is 63.4 Å². The summed E-state index contributed by atoms with van der Waals surface area (Å²) in [6, 6.07) is 1.48. The second-order valence-electron chi connectivity index (χ2n) is 3.81. The van der Waals surface area contributed by atoms with Gasteiger partial charge in [-0.05, 0) is 19.1 Å². The third-order valence-electron chi connectivity index (χ3n) is 2.29. The molecule has 0 aliphatic heterocycles. The summed E-state index contributed by atoms with van der Waals surface area (Å²) < 4.78 is 0.710. The van der Waals surface area contributed by atoms with Crippen molar-refractivity contribution in [1.29, 1.82) is 0 Å². The van der Waals surface area contributed by atoms with E-state index in [1.165, 1.54) is 29.2 Å². The van der Waals surface area contributed by atoms with Gasteiger partial charge < -0.3 is 5.11 Å². The summed E-state index contributed by atoms with van der Waals surface area (Å²) in [6.45, 7) is 3.75. The van der Waals surface area contributed by atoms with Gasteiger partial charge in [0.05, 0.1) is 11.0 Å². The van der Waals surface area contributed by atoms with Gasteiger partial charge in [-0.3, -0.25) is 10.1 Å². The summed E-state index contributed by atoms with van der Waals surface area (Å²) in [5.41, 5.74) is 0.132. The monoisotopic (exact) mass is 275 g/mol. The Labute approximate surface area is 109 Å². The zero-order valence-electron chi connectivity index (χ0n) is 10.0. The highest BCUT2D eigenvalue weighted by atomic mass is 32.2. The first-order chi connectivity index (χ1) is 8.06. The average Bonchev–Trinajstić information content (AvgIpc) is 2.68. The highest BCUT2D eigenvalue weighted by Crippen LogP contribution is 2.40. The lowest BCUT2D eigenvalue weighted by Crippen LogP contribution is -1.88. The van der Waals surface area contributed by atoms with E-state index in [0.29, 0.717) is 9.09 Å². The molecule has 0 saturated heterocycles. The summed E-state index contributed by atoms with van der Waals surface area (Å²) in [5, 5.41) is 20.3. The van der Waals surface area contributed by atoms with Crippen LogP contribution in [0.15, 0.2) is 10.3 Å². The third kappa shape index (κ3) is 4.29. The number of nitrogens with zero attached hydrogens (tertiary/aromatic N) is 1. The molecule has 1 rings (SSSR count). The summed E-state index contributed by atoms with van der Waals surface area (Å²) in [4.78, 5) is 11.2. The van der Waals surface area contributed by atoms with Crippen molar-refractivity contribution >= 4 is 28.8 Å². The van der Waals surface area contributed by atoms with E-state index in [4.69, 9.17) is 0 Å². The molecule has 6 heteroatoms. The van der Waals surface area contributed by atoms with Crippen LogP contribution in [-0.2, 0) is 0 Å². The van der Waals surface area contributed by atoms with Crippen molar-refractivity contribution < 1.29 is 10.0 Å². The van der Waals surface area contributed by atoms with Gasteiger partial charge in [0, 0.05) is 10.9 Å². The summed E-state index contributed by atoms with van der Waals surface area (Å²) >= 11 is 2.84. The number of hydrogen-bond donors (Lipinski definition) is 1. The predicted octanol–water partition coefficient (Wildman–Crippen LogP) is 3.99. The molecular weight excluding hydrogens is 258 g/mol. The Morgan fingerprint density at radius 2 is 2.29 bits per heavy atom. The van der Waals surface area contributed by atoms with Crippen molar-refractivity contribution in [3.05, 3.63) is 21.1 Å². The van der Waals surface area contributed by atoms with Crippen LogP contribution in [-0.4, -0.2) is 15.8 Å². The standard InChI is InChI=1S/C11H17NO3S2/c1-3-4-5-6-16-11-9(12(14)15)7-10(17-11)8(2)13/h7-8,13H,3-6H2,1-2H3/t8-/m1/s1. The van der Waals surface area contributed by atoms with Crippen LogP contribution < -0.4 is 0 Å². The molecule has 0 bridgehead atoms. The molecule has 0 unspecified atom stereocenters. The van der Waals surface area contributed by atoms with Crippen LogP contribution in [0.2, 0.25) is 0 Å². The predicted molar refractivity (Wildman–Crippen MR) is 71.9 cm³/mol. The van der Waals surface area contributed by atoms with Crippen molar-refractivity contribution in [2.45, 2.75) is 43.4 Å². The second kappa shape index (κ2) is 6.98. The molecule has 0 amide bonds. The Kier molecular flexibility index (Phi) is 5.94. The van der Waals surface area contributed by atoms with E-state index in [0.717, 1.165) is 25.0 Å². The third-order valence-corrected chi connectivity index (χ3v) is 4.95. The van der Waals surface area contributed by atoms with Gasteiger partial charge in [-0.25, -0.2) is 0 Å². The molecule has 17 heavy (non-hydrogen) atoms. The van der Waals surface area contributed by atoms with Gasteiger partial charge in [0.15, 0.2) is 0 Å². The zero-order valence-corrected chi connectivity index (χ0v) is 11.6. The molecule has 4 nitrogen and oxygen atoms in total. The molecule has 0 saturated carbocycles. The first-order valence-corrected chi connectivity index (χ1v) is 7.45. The lowest BCUT2D eigenvalue weighted by atomic mass is 10.3. The number of thioether (sulfide) groups is 1. The van der Waals surface area contributed by atoms with Gasteiger partial charge in [0.2, 0.25) is 0 Å². The van der Waals surface area contributed by atoms with Crippen molar-refractivity contribution in [2.24, 2.45) is 0 Å². The molecule has 0 radical (unpaired) electrons. The Morgan fingerprint density at radius 1 is 1.59 bits per heavy atom. The minimum Gasteiger partial charge on any atom is -0.388 e. The van der Waals surface area contributed by atoms with Gasteiger partial charge in [0.1, 0.15) is 4.21 Å². The van der Waals surface area contributed by atoms with Gasteiger partial charge in [-0.15, -0.1) is 23.1 Å². The molecule has 0 aliphatic rings. The van der Waals surface area contributed by atoms with Crippen molar-refractivity contribution in [1.82, 2.24) is 0 Å². The molecular formula is C11H17NO3S2. The second-order valence-corrected chi connectivity index (χ2v) is 6.26. The molecule has 1 aromatic heterocycles. The van der Waals surface area contributed by atoms with Crippen LogP contribution in [0.3, 0.4) is 0 Å². The van der Waals surface area contributed by atoms with Crippen molar-refractivity contribution in [2.75, 3.05) is 5.75 Å². The van der Waals surface area contributed by atoms with E-state index < -0.39 is 6.10 Å². The first-order valence-electron chi connectivity index (χ1n) is 5.65. The lowest BCUT2D eigenvalue weighted by molar-refractivity contribution is -0.387. The Bertz CT molecular complexity index is 377. The number of aliphatic hydroxyl groups excluding tert-OH is 1. The summed E-state index contributed by atoms with van der Waals surface area (Å²) in [5.74, 6) is 0.897. The smallest absolute Gasteiger partial charge is 0.294 e. The summed E-state index contributed by atoms with van der Waals surface area (Å²) in [6.07, 6.45) is 2.73. The van der Waals surface area contributed by atoms with E-state index in [2.05, 4.69) is 6.92 Å². The van der Waals surface area contributed by atoms with Crippen LogP contribution in [0.25, 0.3) is 0 Å². The zero-order chi connectivity index (χ0) is 12.8. The molecule has 0 spiro atoms. The molecule has 0 fully saturated rings. The highest BCUT2D eigenvalue weighted by molar-refractivity contribution is 8.01. The molecule has 0 aromatic carbocycles. The van der Waals surface area contributed by atoms with E-state index in [9.17, 15) is 15.2 Å². The molecule has 1 heterocycles. The maximum atomic E-state index is 10.9. The SMILES string of the molecule is CCCCCSc1sc([C@@H](C)O)cc1[N+](=O)[O-]. The highest BCUT2D eigenvalue weighted by Gasteiger charge is 2.20. The molecule has 1 N–H and O–H groups in total. The number of rotatable bonds is 7. The number of unbranched alkanes of at least 4 members (excludes halogenated alkanes) is 2. The maximum absolute atomic E-state index is 10.9. The molecule has 1 aromatic rings. The summed E-state index contributed by atoms with van der Waals surface area (Å²) in [7, 11) is 0. The minimum absolute atomic E-state index is 0.132. The van der Waals surface area contributed by atoms with Crippen molar-refractivity contribution in [3.8, 4) is 0 Å². The largest absolute Gasteiger partial charge is 0.388 e. The molecule has 96 valence electrons. The van der Waals surface area contributed by atoms with Gasteiger partial charge in [0.25, 0.3) is 5.69 Å².